The van der Waals surface area contributed by atoms with Crippen molar-refractivity contribution in [3.05, 3.63) is 21.3 Å². The van der Waals surface area contributed by atoms with Gasteiger partial charge in [-0.2, -0.15) is 0 Å². The number of nitrogens with one attached hydrogen (secondary N) is 2. The maximum atomic E-state index is 12.2. The molecule has 2 saturated heterocycles. The Kier molecular flexibility index (Phi) is 4.10. The van der Waals surface area contributed by atoms with Gasteiger partial charge in [-0.1, -0.05) is 11.6 Å². The van der Waals surface area contributed by atoms with Crippen LogP contribution in [0.4, 0.5) is 4.79 Å². The van der Waals surface area contributed by atoms with Crippen molar-refractivity contribution in [2.45, 2.75) is 31.2 Å². The monoisotopic (exact) mass is 341 g/mol. The van der Waals surface area contributed by atoms with Gasteiger partial charge in [-0.05, 0) is 31.4 Å². The highest BCUT2D eigenvalue weighted by Gasteiger charge is 2.48. The third kappa shape index (κ3) is 2.96. The first-order chi connectivity index (χ1) is 10.5. The predicted molar refractivity (Wildman–Crippen MR) is 82.9 cm³/mol. The van der Waals surface area contributed by atoms with Crippen LogP contribution in [0.1, 0.15) is 24.1 Å². The summed E-state index contributed by atoms with van der Waals surface area (Å²) in [5, 5.41) is 4.96. The summed E-state index contributed by atoms with van der Waals surface area (Å²) in [5.41, 5.74) is -0.824. The van der Waals surface area contributed by atoms with Gasteiger partial charge in [0.25, 0.3) is 5.91 Å². The molecule has 0 unspecified atom stereocenters. The number of amides is 4. The summed E-state index contributed by atoms with van der Waals surface area (Å²) < 4.78 is 0.727. The molecule has 1 aromatic heterocycles. The molecule has 0 aliphatic carbocycles. The van der Waals surface area contributed by atoms with E-state index in [2.05, 4.69) is 10.6 Å². The van der Waals surface area contributed by atoms with Crippen molar-refractivity contribution in [2.75, 3.05) is 13.1 Å². The normalized spacial score (nSPS) is 20.1. The molecule has 2 N–H and O–H groups in total. The number of urea groups is 1. The zero-order chi connectivity index (χ0) is 15.7. The number of halogens is 1. The van der Waals surface area contributed by atoms with Crippen molar-refractivity contribution in [3.63, 3.8) is 0 Å². The van der Waals surface area contributed by atoms with Crippen molar-refractivity contribution in [2.24, 2.45) is 0 Å². The van der Waals surface area contributed by atoms with E-state index in [1.165, 1.54) is 11.3 Å². The summed E-state index contributed by atoms with van der Waals surface area (Å²) in [6, 6.07) is 3.32. The van der Waals surface area contributed by atoms with E-state index in [1.807, 2.05) is 12.1 Å². The highest BCUT2D eigenvalue weighted by atomic mass is 35.5. The number of aryl methyl sites for hydroxylation is 1. The molecule has 2 aliphatic heterocycles. The molecule has 22 heavy (non-hydrogen) atoms. The van der Waals surface area contributed by atoms with E-state index >= 15 is 0 Å². The van der Waals surface area contributed by atoms with Crippen molar-refractivity contribution in [1.29, 1.82) is 0 Å². The van der Waals surface area contributed by atoms with Crippen LogP contribution in [0.3, 0.4) is 0 Å². The van der Waals surface area contributed by atoms with Crippen LogP contribution in [0.25, 0.3) is 0 Å². The van der Waals surface area contributed by atoms with Crippen molar-refractivity contribution < 1.29 is 14.4 Å². The summed E-state index contributed by atoms with van der Waals surface area (Å²) in [4.78, 5) is 38.2. The third-order valence-corrected chi connectivity index (χ3v) is 5.49. The zero-order valence-corrected chi connectivity index (χ0v) is 13.4. The van der Waals surface area contributed by atoms with Gasteiger partial charge in [-0.25, -0.2) is 4.79 Å². The highest BCUT2D eigenvalue weighted by Crippen LogP contribution is 2.26. The van der Waals surface area contributed by atoms with Gasteiger partial charge in [0.05, 0.1) is 4.34 Å². The molecule has 0 aromatic carbocycles. The SMILES string of the molecule is O=C1NC(=O)C2(CCN(C(=O)CCc3ccc(Cl)s3)CC2)N1. The van der Waals surface area contributed by atoms with E-state index in [-0.39, 0.29) is 11.8 Å². The molecule has 1 aromatic rings. The van der Waals surface area contributed by atoms with E-state index in [9.17, 15) is 14.4 Å². The quantitative estimate of drug-likeness (QED) is 0.818. The Morgan fingerprint density at radius 1 is 1.32 bits per heavy atom. The first kappa shape index (κ1) is 15.3. The van der Waals surface area contributed by atoms with Crippen LogP contribution in [-0.4, -0.2) is 41.4 Å². The van der Waals surface area contributed by atoms with Crippen LogP contribution in [0.5, 0.6) is 0 Å². The average Bonchev–Trinajstić information content (AvgIpc) is 3.01. The lowest BCUT2D eigenvalue weighted by Crippen LogP contribution is -2.55. The molecule has 118 valence electrons. The Balaban J connectivity index is 1.52. The van der Waals surface area contributed by atoms with Crippen LogP contribution in [0, 0.1) is 0 Å². The number of thiophene rings is 1. The number of carbonyl (C=O) groups is 3. The lowest BCUT2D eigenvalue weighted by Gasteiger charge is -2.37. The molecule has 6 nitrogen and oxygen atoms in total. The molecule has 0 radical (unpaired) electrons. The van der Waals surface area contributed by atoms with Crippen molar-refractivity contribution in [3.8, 4) is 0 Å². The molecule has 2 aliphatic rings. The number of carbonyl (C=O) groups excluding carboxylic acids is 3. The second kappa shape index (κ2) is 5.89. The highest BCUT2D eigenvalue weighted by molar-refractivity contribution is 7.16. The molecular weight excluding hydrogens is 326 g/mol. The van der Waals surface area contributed by atoms with Gasteiger partial charge in [-0.15, -0.1) is 11.3 Å². The molecule has 3 rings (SSSR count). The van der Waals surface area contributed by atoms with E-state index in [1.54, 1.807) is 4.90 Å². The number of likely N-dealkylation sites (tertiary alicyclic amines) is 1. The molecule has 8 heteroatoms. The van der Waals surface area contributed by atoms with Crippen LogP contribution < -0.4 is 10.6 Å². The summed E-state index contributed by atoms with van der Waals surface area (Å²) in [7, 11) is 0. The van der Waals surface area contributed by atoms with Crippen LogP contribution in [0.15, 0.2) is 12.1 Å². The Bertz CT molecular complexity index is 623. The van der Waals surface area contributed by atoms with Crippen molar-refractivity contribution >= 4 is 40.8 Å². The van der Waals surface area contributed by atoms with Gasteiger partial charge in [0.2, 0.25) is 5.91 Å². The minimum absolute atomic E-state index is 0.0732. The molecule has 0 saturated carbocycles. The fourth-order valence-corrected chi connectivity index (χ4v) is 3.98. The summed E-state index contributed by atoms with van der Waals surface area (Å²) in [6.07, 6.45) is 2.03. The van der Waals surface area contributed by atoms with Gasteiger partial charge in [0.15, 0.2) is 0 Å². The largest absolute Gasteiger partial charge is 0.342 e. The first-order valence-electron chi connectivity index (χ1n) is 7.14. The van der Waals surface area contributed by atoms with E-state index in [0.717, 1.165) is 9.21 Å². The van der Waals surface area contributed by atoms with Crippen LogP contribution in [0.2, 0.25) is 4.34 Å². The van der Waals surface area contributed by atoms with E-state index in [0.29, 0.717) is 38.8 Å². The lowest BCUT2D eigenvalue weighted by atomic mass is 9.87. The Morgan fingerprint density at radius 2 is 2.05 bits per heavy atom. The van der Waals surface area contributed by atoms with Gasteiger partial charge in [0.1, 0.15) is 5.54 Å². The first-order valence-corrected chi connectivity index (χ1v) is 8.34. The summed E-state index contributed by atoms with van der Waals surface area (Å²) in [5.74, 6) is -0.207. The Morgan fingerprint density at radius 3 is 2.59 bits per heavy atom. The molecule has 1 spiro atoms. The molecule has 0 atom stereocenters. The Labute approximate surface area is 136 Å². The zero-order valence-electron chi connectivity index (χ0n) is 11.9. The third-order valence-electron chi connectivity index (χ3n) is 4.20. The number of rotatable bonds is 3. The molecule has 2 fully saturated rings. The molecule has 4 amide bonds. The second-order valence-corrected chi connectivity index (χ2v) is 7.38. The minimum Gasteiger partial charge on any atom is -0.342 e. The van der Waals surface area contributed by atoms with Crippen LogP contribution >= 0.6 is 22.9 Å². The Hall–Kier alpha value is -1.60. The number of hydrogen-bond acceptors (Lipinski definition) is 4. The lowest BCUT2D eigenvalue weighted by molar-refractivity contribution is -0.135. The summed E-state index contributed by atoms with van der Waals surface area (Å²) >= 11 is 7.36. The van der Waals surface area contributed by atoms with Gasteiger partial charge in [-0.3, -0.25) is 14.9 Å². The fourth-order valence-electron chi connectivity index (χ4n) is 2.89. The number of hydrogen-bond donors (Lipinski definition) is 2. The topological polar surface area (TPSA) is 78.5 Å². The van der Waals surface area contributed by atoms with Gasteiger partial charge < -0.3 is 10.2 Å². The average molecular weight is 342 g/mol. The van der Waals surface area contributed by atoms with E-state index in [4.69, 9.17) is 11.6 Å². The molecular formula is C14H16ClN3O3S. The second-order valence-electron chi connectivity index (χ2n) is 5.58. The standard InChI is InChI=1S/C14H16ClN3O3S/c15-10-3-1-9(22-10)2-4-11(19)18-7-5-14(6-8-18)12(20)16-13(21)17-14/h1,3H,2,4-8H2,(H2,16,17,20,21). The summed E-state index contributed by atoms with van der Waals surface area (Å²) in [6.45, 7) is 0.968. The van der Waals surface area contributed by atoms with E-state index < -0.39 is 11.6 Å². The van der Waals surface area contributed by atoms with Gasteiger partial charge in [0, 0.05) is 24.4 Å². The minimum atomic E-state index is -0.824. The predicted octanol–water partition coefficient (Wildman–Crippen LogP) is 1.53. The fraction of sp³-hybridized carbons (Fsp3) is 0.500. The van der Waals surface area contributed by atoms with Gasteiger partial charge >= 0.3 is 6.03 Å². The maximum absolute atomic E-state index is 12.2. The number of piperidine rings is 1. The number of nitrogens with zero attached hydrogens (tertiary/aromatic N) is 1. The molecule has 0 bridgehead atoms. The maximum Gasteiger partial charge on any atom is 0.322 e. The molecule has 3 heterocycles. The smallest absolute Gasteiger partial charge is 0.322 e. The number of imide groups is 1. The van der Waals surface area contributed by atoms with Crippen molar-refractivity contribution in [1.82, 2.24) is 15.5 Å². The van der Waals surface area contributed by atoms with Crippen LogP contribution in [-0.2, 0) is 16.0 Å².